The minimum atomic E-state index is -4.93. The van der Waals surface area contributed by atoms with E-state index in [0.29, 0.717) is 11.3 Å². The minimum absolute atomic E-state index is 0.0843. The monoisotopic (exact) mass is 440 g/mol. The van der Waals surface area contributed by atoms with E-state index in [4.69, 9.17) is 0 Å². The van der Waals surface area contributed by atoms with Crippen molar-refractivity contribution in [3.05, 3.63) is 102 Å². The van der Waals surface area contributed by atoms with Gasteiger partial charge in [0.15, 0.2) is 0 Å². The van der Waals surface area contributed by atoms with Gasteiger partial charge in [0.25, 0.3) is 0 Å². The lowest BCUT2D eigenvalue weighted by Crippen LogP contribution is -2.40. The normalized spacial score (nSPS) is 11.3. The lowest BCUT2D eigenvalue weighted by Gasteiger charge is -2.22. The SMILES string of the molecule is CCN(Cc1cccc(NC(=O)C(c2ccccc2)c2ccccc2)c1)C(=O)C(F)(F)F. The maximum Gasteiger partial charge on any atom is 0.471 e. The largest absolute Gasteiger partial charge is 0.471 e. The molecule has 166 valence electrons. The maximum absolute atomic E-state index is 13.2. The smallest absolute Gasteiger partial charge is 0.331 e. The molecule has 0 aromatic heterocycles. The fraction of sp³-hybridized carbons (Fsp3) is 0.200. The number of halogens is 3. The predicted octanol–water partition coefficient (Wildman–Crippen LogP) is 5.37. The summed E-state index contributed by atoms with van der Waals surface area (Å²) in [4.78, 5) is 25.5. The van der Waals surface area contributed by atoms with E-state index < -0.39 is 18.0 Å². The molecular weight excluding hydrogens is 417 g/mol. The highest BCUT2D eigenvalue weighted by Gasteiger charge is 2.41. The molecule has 3 aromatic carbocycles. The lowest BCUT2D eigenvalue weighted by molar-refractivity contribution is -0.185. The van der Waals surface area contributed by atoms with Gasteiger partial charge in [-0.3, -0.25) is 9.59 Å². The number of nitrogens with one attached hydrogen (secondary N) is 1. The fourth-order valence-electron chi connectivity index (χ4n) is 3.47. The van der Waals surface area contributed by atoms with Crippen molar-refractivity contribution >= 4 is 17.5 Å². The number of amides is 2. The van der Waals surface area contributed by atoms with Gasteiger partial charge in [0.2, 0.25) is 5.91 Å². The molecule has 0 unspecified atom stereocenters. The Balaban J connectivity index is 1.82. The molecule has 3 aromatic rings. The van der Waals surface area contributed by atoms with Crippen molar-refractivity contribution in [1.82, 2.24) is 4.90 Å². The van der Waals surface area contributed by atoms with E-state index in [1.54, 1.807) is 24.3 Å². The van der Waals surface area contributed by atoms with Crippen LogP contribution in [0.5, 0.6) is 0 Å². The minimum Gasteiger partial charge on any atom is -0.331 e. The second kappa shape index (κ2) is 10.1. The number of alkyl halides is 3. The van der Waals surface area contributed by atoms with Crippen molar-refractivity contribution in [3.63, 3.8) is 0 Å². The molecule has 0 saturated carbocycles. The van der Waals surface area contributed by atoms with Crippen molar-refractivity contribution in [1.29, 1.82) is 0 Å². The highest BCUT2D eigenvalue weighted by molar-refractivity contribution is 5.98. The summed E-state index contributed by atoms with van der Waals surface area (Å²) in [7, 11) is 0. The fourth-order valence-corrected chi connectivity index (χ4v) is 3.47. The van der Waals surface area contributed by atoms with Crippen molar-refractivity contribution in [2.24, 2.45) is 0 Å². The Morgan fingerprint density at radius 3 is 1.94 bits per heavy atom. The third-order valence-electron chi connectivity index (χ3n) is 5.01. The molecule has 0 heterocycles. The van der Waals surface area contributed by atoms with Crippen LogP contribution in [0.4, 0.5) is 18.9 Å². The molecule has 1 N–H and O–H groups in total. The summed E-state index contributed by atoms with van der Waals surface area (Å²) in [6.45, 7) is 1.19. The molecular formula is C25H23F3N2O2. The zero-order chi connectivity index (χ0) is 23.1. The molecule has 0 radical (unpaired) electrons. The molecule has 0 bridgehead atoms. The van der Waals surface area contributed by atoms with Crippen LogP contribution in [0.1, 0.15) is 29.5 Å². The van der Waals surface area contributed by atoms with Gasteiger partial charge < -0.3 is 10.2 Å². The van der Waals surface area contributed by atoms with E-state index in [2.05, 4.69) is 5.32 Å². The Labute approximate surface area is 184 Å². The summed E-state index contributed by atoms with van der Waals surface area (Å²) in [5.41, 5.74) is 2.57. The van der Waals surface area contributed by atoms with E-state index in [9.17, 15) is 22.8 Å². The van der Waals surface area contributed by atoms with Crippen molar-refractivity contribution in [3.8, 4) is 0 Å². The maximum atomic E-state index is 13.2. The standard InChI is InChI=1S/C25H23F3N2O2/c1-2-30(24(32)25(26,27)28)17-18-10-9-15-21(16-18)29-23(31)22(19-11-5-3-6-12-19)20-13-7-4-8-14-20/h3-16,22H,2,17H2,1H3,(H,29,31). The molecule has 32 heavy (non-hydrogen) atoms. The highest BCUT2D eigenvalue weighted by atomic mass is 19.4. The number of hydrogen-bond acceptors (Lipinski definition) is 2. The van der Waals surface area contributed by atoms with Crippen LogP contribution < -0.4 is 5.32 Å². The summed E-state index contributed by atoms with van der Waals surface area (Å²) >= 11 is 0. The number of nitrogens with zero attached hydrogens (tertiary/aromatic N) is 1. The highest BCUT2D eigenvalue weighted by Crippen LogP contribution is 2.27. The van der Waals surface area contributed by atoms with Gasteiger partial charge in [-0.15, -0.1) is 0 Å². The molecule has 0 saturated heterocycles. The van der Waals surface area contributed by atoms with E-state index in [1.165, 1.54) is 6.92 Å². The van der Waals surface area contributed by atoms with Gasteiger partial charge in [0.05, 0.1) is 5.92 Å². The zero-order valence-electron chi connectivity index (χ0n) is 17.5. The van der Waals surface area contributed by atoms with E-state index >= 15 is 0 Å². The molecule has 0 atom stereocenters. The number of anilines is 1. The molecule has 0 aliphatic rings. The predicted molar refractivity (Wildman–Crippen MR) is 117 cm³/mol. The van der Waals surface area contributed by atoms with Crippen LogP contribution >= 0.6 is 0 Å². The molecule has 7 heteroatoms. The topological polar surface area (TPSA) is 49.4 Å². The number of rotatable bonds is 7. The van der Waals surface area contributed by atoms with Crippen LogP contribution in [-0.2, 0) is 16.1 Å². The average Bonchev–Trinajstić information content (AvgIpc) is 2.78. The Bertz CT molecular complexity index is 1010. The van der Waals surface area contributed by atoms with Gasteiger partial charge in [0, 0.05) is 18.8 Å². The lowest BCUT2D eigenvalue weighted by atomic mass is 9.90. The Hall–Kier alpha value is -3.61. The zero-order valence-corrected chi connectivity index (χ0v) is 17.5. The third kappa shape index (κ3) is 5.75. The van der Waals surface area contributed by atoms with Crippen LogP contribution in [0.25, 0.3) is 0 Å². The van der Waals surface area contributed by atoms with Crippen LogP contribution in [0.15, 0.2) is 84.9 Å². The average molecular weight is 440 g/mol. The van der Waals surface area contributed by atoms with Gasteiger partial charge in [-0.2, -0.15) is 13.2 Å². The van der Waals surface area contributed by atoms with Gasteiger partial charge in [-0.05, 0) is 35.7 Å². The first-order chi connectivity index (χ1) is 15.3. The summed E-state index contributed by atoms with van der Waals surface area (Å²) < 4.78 is 38.4. The number of carbonyl (C=O) groups excluding carboxylic acids is 2. The summed E-state index contributed by atoms with van der Waals surface area (Å²) in [5.74, 6) is -2.71. The van der Waals surface area contributed by atoms with Gasteiger partial charge in [-0.25, -0.2) is 0 Å². The van der Waals surface area contributed by atoms with Gasteiger partial charge >= 0.3 is 12.1 Å². The molecule has 0 aliphatic heterocycles. The van der Waals surface area contributed by atoms with Crippen LogP contribution in [0.2, 0.25) is 0 Å². The van der Waals surface area contributed by atoms with E-state index in [0.717, 1.165) is 16.0 Å². The van der Waals surface area contributed by atoms with Crippen molar-refractivity contribution < 1.29 is 22.8 Å². The Morgan fingerprint density at radius 2 is 1.44 bits per heavy atom. The molecule has 0 spiro atoms. The van der Waals surface area contributed by atoms with Crippen LogP contribution in [0, 0.1) is 0 Å². The van der Waals surface area contributed by atoms with Crippen LogP contribution in [0.3, 0.4) is 0 Å². The van der Waals surface area contributed by atoms with Gasteiger partial charge in [0.1, 0.15) is 0 Å². The first-order valence-electron chi connectivity index (χ1n) is 10.2. The first kappa shape index (κ1) is 23.1. The van der Waals surface area contributed by atoms with Crippen molar-refractivity contribution in [2.45, 2.75) is 25.6 Å². The van der Waals surface area contributed by atoms with Crippen LogP contribution in [-0.4, -0.2) is 29.4 Å². The second-order valence-electron chi connectivity index (χ2n) is 7.26. The third-order valence-corrected chi connectivity index (χ3v) is 5.01. The van der Waals surface area contributed by atoms with E-state index in [-0.39, 0.29) is 19.0 Å². The molecule has 0 fully saturated rings. The summed E-state index contributed by atoms with van der Waals surface area (Å²) in [5, 5.41) is 2.87. The first-order valence-corrected chi connectivity index (χ1v) is 10.2. The molecule has 4 nitrogen and oxygen atoms in total. The summed E-state index contributed by atoms with van der Waals surface area (Å²) in [6, 6.07) is 25.1. The Morgan fingerprint density at radius 1 is 0.875 bits per heavy atom. The Kier molecular flexibility index (Phi) is 7.30. The molecule has 3 rings (SSSR count). The molecule has 0 aliphatic carbocycles. The number of benzene rings is 3. The van der Waals surface area contributed by atoms with Gasteiger partial charge in [-0.1, -0.05) is 72.8 Å². The van der Waals surface area contributed by atoms with Crippen molar-refractivity contribution in [2.75, 3.05) is 11.9 Å². The number of carbonyl (C=O) groups is 2. The summed E-state index contributed by atoms with van der Waals surface area (Å²) in [6.07, 6.45) is -4.93. The second-order valence-corrected chi connectivity index (χ2v) is 7.26. The molecule has 2 amide bonds. The number of hydrogen-bond donors (Lipinski definition) is 1. The van der Waals surface area contributed by atoms with E-state index in [1.807, 2.05) is 60.7 Å². The quantitative estimate of drug-likeness (QED) is 0.537.